The summed E-state index contributed by atoms with van der Waals surface area (Å²) in [6.45, 7) is -0.277. The smallest absolute Gasteiger partial charge is 0.325 e. The summed E-state index contributed by atoms with van der Waals surface area (Å²) in [5, 5.41) is 12.0. The van der Waals surface area contributed by atoms with E-state index < -0.39 is 5.97 Å². The minimum absolute atomic E-state index is 0.271. The quantitative estimate of drug-likeness (QED) is 0.611. The van der Waals surface area contributed by atoms with Gasteiger partial charge in [-0.05, 0) is 6.07 Å². The molecule has 0 aliphatic carbocycles. The van der Waals surface area contributed by atoms with Crippen LogP contribution in [0.2, 0.25) is 0 Å². The number of rotatable bonds is 3. The van der Waals surface area contributed by atoms with Gasteiger partial charge < -0.3 is 5.11 Å². The number of aldehydes is 1. The average Bonchev–Trinajstić information content (AvgIpc) is 2.34. The predicted molar refractivity (Wildman–Crippen MR) is 35.3 cm³/mol. The number of carbonyl (C=O) groups is 2. The third-order valence-corrected chi connectivity index (χ3v) is 1.16. The van der Waals surface area contributed by atoms with Gasteiger partial charge in [-0.2, -0.15) is 5.10 Å². The van der Waals surface area contributed by atoms with Gasteiger partial charge in [0, 0.05) is 6.20 Å². The molecular weight excluding hydrogens is 148 g/mol. The maximum atomic E-state index is 10.2. The maximum Gasteiger partial charge on any atom is 0.325 e. The van der Waals surface area contributed by atoms with E-state index in [1.54, 1.807) is 0 Å². The number of hydrogen-bond acceptors (Lipinski definition) is 3. The third kappa shape index (κ3) is 1.64. The molecule has 0 saturated heterocycles. The van der Waals surface area contributed by atoms with Crippen LogP contribution in [0.3, 0.4) is 0 Å². The average molecular weight is 154 g/mol. The molecular formula is C6H6N2O3. The highest BCUT2D eigenvalue weighted by atomic mass is 16.4. The fraction of sp³-hybridized carbons (Fsp3) is 0.167. The summed E-state index contributed by atoms with van der Waals surface area (Å²) in [4.78, 5) is 20.4. The monoisotopic (exact) mass is 154 g/mol. The predicted octanol–water partition coefficient (Wildman–Crippen LogP) is -0.220. The summed E-state index contributed by atoms with van der Waals surface area (Å²) in [5.41, 5.74) is 0.271. The van der Waals surface area contributed by atoms with Crippen LogP contribution < -0.4 is 0 Å². The molecule has 5 nitrogen and oxygen atoms in total. The minimum atomic E-state index is -1.02. The summed E-state index contributed by atoms with van der Waals surface area (Å²) < 4.78 is 1.12. The molecule has 1 aromatic heterocycles. The third-order valence-electron chi connectivity index (χ3n) is 1.16. The topological polar surface area (TPSA) is 72.2 Å². The highest BCUT2D eigenvalue weighted by Gasteiger charge is 2.03. The van der Waals surface area contributed by atoms with E-state index in [4.69, 9.17) is 5.11 Å². The molecule has 0 unspecified atom stereocenters. The second-order valence-corrected chi connectivity index (χ2v) is 1.93. The lowest BCUT2D eigenvalue weighted by Crippen LogP contribution is -2.12. The first-order valence-electron chi connectivity index (χ1n) is 2.93. The Hall–Kier alpha value is -1.65. The molecule has 0 spiro atoms. The van der Waals surface area contributed by atoms with Gasteiger partial charge in [-0.25, -0.2) is 0 Å². The van der Waals surface area contributed by atoms with Crippen LogP contribution in [0.15, 0.2) is 12.3 Å². The summed E-state index contributed by atoms with van der Waals surface area (Å²) in [6, 6.07) is 1.45. The molecule has 0 aliphatic heterocycles. The van der Waals surface area contributed by atoms with Crippen LogP contribution >= 0.6 is 0 Å². The lowest BCUT2D eigenvalue weighted by Gasteiger charge is -1.96. The van der Waals surface area contributed by atoms with Gasteiger partial charge in [0.2, 0.25) is 0 Å². The fourth-order valence-corrected chi connectivity index (χ4v) is 0.703. The summed E-state index contributed by atoms with van der Waals surface area (Å²) in [6.07, 6.45) is 1.95. The van der Waals surface area contributed by atoms with Crippen molar-refractivity contribution in [3.63, 3.8) is 0 Å². The Labute approximate surface area is 62.3 Å². The molecule has 11 heavy (non-hydrogen) atoms. The molecule has 0 aliphatic rings. The van der Waals surface area contributed by atoms with Gasteiger partial charge in [-0.1, -0.05) is 0 Å². The number of aromatic nitrogens is 2. The van der Waals surface area contributed by atoms with Crippen LogP contribution in [0.4, 0.5) is 0 Å². The van der Waals surface area contributed by atoms with E-state index in [2.05, 4.69) is 5.10 Å². The molecule has 0 radical (unpaired) electrons. The van der Waals surface area contributed by atoms with Crippen molar-refractivity contribution >= 4 is 12.3 Å². The molecule has 0 amide bonds. The zero-order valence-electron chi connectivity index (χ0n) is 5.60. The van der Waals surface area contributed by atoms with E-state index in [1.165, 1.54) is 12.3 Å². The number of carbonyl (C=O) groups excluding carboxylic acids is 1. The second-order valence-electron chi connectivity index (χ2n) is 1.93. The molecule has 0 saturated carbocycles. The second kappa shape index (κ2) is 2.96. The molecule has 1 aromatic rings. The number of aliphatic carboxylic acids is 1. The summed E-state index contributed by atoms with van der Waals surface area (Å²) >= 11 is 0. The normalized spacial score (nSPS) is 9.45. The van der Waals surface area contributed by atoms with Gasteiger partial charge >= 0.3 is 5.97 Å². The van der Waals surface area contributed by atoms with Crippen LogP contribution in [-0.2, 0) is 11.3 Å². The van der Waals surface area contributed by atoms with Gasteiger partial charge in [0.05, 0.1) is 0 Å². The Morgan fingerprint density at radius 1 is 1.82 bits per heavy atom. The van der Waals surface area contributed by atoms with Gasteiger partial charge in [0.1, 0.15) is 12.2 Å². The van der Waals surface area contributed by atoms with Crippen molar-refractivity contribution in [2.75, 3.05) is 0 Å². The summed E-state index contributed by atoms with van der Waals surface area (Å²) in [7, 11) is 0. The molecule has 0 fully saturated rings. The van der Waals surface area contributed by atoms with Crippen molar-refractivity contribution in [2.24, 2.45) is 0 Å². The van der Waals surface area contributed by atoms with Crippen molar-refractivity contribution in [1.82, 2.24) is 9.78 Å². The van der Waals surface area contributed by atoms with Crippen molar-refractivity contribution < 1.29 is 14.7 Å². The van der Waals surface area contributed by atoms with Crippen LogP contribution in [0.5, 0.6) is 0 Å². The van der Waals surface area contributed by atoms with Crippen molar-refractivity contribution in [2.45, 2.75) is 6.54 Å². The lowest BCUT2D eigenvalue weighted by atomic mass is 10.5. The zero-order chi connectivity index (χ0) is 8.27. The van der Waals surface area contributed by atoms with Gasteiger partial charge in [-0.15, -0.1) is 0 Å². The Balaban J connectivity index is 2.84. The minimum Gasteiger partial charge on any atom is -0.480 e. The van der Waals surface area contributed by atoms with Crippen LogP contribution in [-0.4, -0.2) is 27.1 Å². The maximum absolute atomic E-state index is 10.2. The standard InChI is InChI=1S/C6H6N2O3/c9-4-5-1-2-7-8(5)3-6(10)11/h1-2,4H,3H2,(H,10,11). The number of carboxylic acids is 1. The highest BCUT2D eigenvalue weighted by molar-refractivity contribution is 5.73. The number of carboxylic acid groups (broad SMARTS) is 1. The largest absolute Gasteiger partial charge is 0.480 e. The van der Waals surface area contributed by atoms with E-state index >= 15 is 0 Å². The highest BCUT2D eigenvalue weighted by Crippen LogP contribution is 1.93. The van der Waals surface area contributed by atoms with E-state index in [9.17, 15) is 9.59 Å². The van der Waals surface area contributed by atoms with E-state index in [0.29, 0.717) is 6.29 Å². The number of hydrogen-bond donors (Lipinski definition) is 1. The summed E-state index contributed by atoms with van der Waals surface area (Å²) in [5.74, 6) is -1.02. The van der Waals surface area contributed by atoms with Crippen LogP contribution in [0.1, 0.15) is 10.5 Å². The number of nitrogens with zero attached hydrogens (tertiary/aromatic N) is 2. The molecule has 58 valence electrons. The van der Waals surface area contributed by atoms with Crippen LogP contribution in [0, 0.1) is 0 Å². The molecule has 5 heteroatoms. The van der Waals surface area contributed by atoms with Crippen molar-refractivity contribution in [3.05, 3.63) is 18.0 Å². The first-order chi connectivity index (χ1) is 5.24. The van der Waals surface area contributed by atoms with Gasteiger partial charge in [-0.3, -0.25) is 14.3 Å². The van der Waals surface area contributed by atoms with Gasteiger partial charge in [0.15, 0.2) is 6.29 Å². The van der Waals surface area contributed by atoms with E-state index in [1.807, 2.05) is 0 Å². The first kappa shape index (κ1) is 7.46. The molecule has 1 heterocycles. The van der Waals surface area contributed by atoms with Gasteiger partial charge in [0.25, 0.3) is 0 Å². The molecule has 1 N–H and O–H groups in total. The molecule has 1 rings (SSSR count). The SMILES string of the molecule is O=Cc1ccnn1CC(=O)O. The van der Waals surface area contributed by atoms with Crippen molar-refractivity contribution in [3.8, 4) is 0 Å². The molecule has 0 atom stereocenters. The van der Waals surface area contributed by atoms with E-state index in [0.717, 1.165) is 4.68 Å². The zero-order valence-corrected chi connectivity index (χ0v) is 5.60. The van der Waals surface area contributed by atoms with Crippen molar-refractivity contribution in [1.29, 1.82) is 0 Å². The Morgan fingerprint density at radius 3 is 3.09 bits per heavy atom. The Kier molecular flexibility index (Phi) is 2.00. The van der Waals surface area contributed by atoms with E-state index in [-0.39, 0.29) is 12.2 Å². The fourth-order valence-electron chi connectivity index (χ4n) is 0.703. The Bertz CT molecular complexity index is 279. The van der Waals surface area contributed by atoms with Crippen LogP contribution in [0.25, 0.3) is 0 Å². The lowest BCUT2D eigenvalue weighted by molar-refractivity contribution is -0.137. The molecule has 0 bridgehead atoms. The first-order valence-corrected chi connectivity index (χ1v) is 2.93. The Morgan fingerprint density at radius 2 is 2.55 bits per heavy atom. The molecule has 0 aromatic carbocycles.